The molecule has 0 saturated heterocycles. The number of carbonyl (C=O) groups is 1. The lowest BCUT2D eigenvalue weighted by Crippen LogP contribution is -2.02. The van der Waals surface area contributed by atoms with Crippen LogP contribution in [0.15, 0.2) is 34.9 Å². The van der Waals surface area contributed by atoms with Crippen molar-refractivity contribution in [1.29, 1.82) is 0 Å². The van der Waals surface area contributed by atoms with Gasteiger partial charge in [0.25, 0.3) is 0 Å². The number of anilines is 1. The number of furan rings is 1. The number of rotatable bonds is 2. The number of benzene rings is 1. The van der Waals surface area contributed by atoms with Crippen molar-refractivity contribution in [2.75, 3.05) is 5.73 Å². The first-order valence-corrected chi connectivity index (χ1v) is 4.80. The molecule has 82 valence electrons. The molecule has 0 unspecified atom stereocenters. The quantitative estimate of drug-likeness (QED) is 0.648. The van der Waals surface area contributed by atoms with Crippen molar-refractivity contribution in [1.82, 2.24) is 0 Å². The van der Waals surface area contributed by atoms with E-state index in [9.17, 15) is 9.18 Å². The highest BCUT2D eigenvalue weighted by atomic mass is 35.5. The lowest BCUT2D eigenvalue weighted by atomic mass is 10.1. The van der Waals surface area contributed by atoms with Crippen LogP contribution < -0.4 is 5.73 Å². The molecule has 1 aromatic carbocycles. The van der Waals surface area contributed by atoms with Gasteiger partial charge in [-0.15, -0.1) is 0 Å². The molecule has 2 N–H and O–H groups in total. The lowest BCUT2D eigenvalue weighted by Gasteiger charge is -2.01. The number of hydrogen-bond acceptors (Lipinski definition) is 3. The fourth-order valence-electron chi connectivity index (χ4n) is 1.28. The van der Waals surface area contributed by atoms with Gasteiger partial charge >= 0.3 is 0 Å². The summed E-state index contributed by atoms with van der Waals surface area (Å²) < 4.78 is 17.9. The monoisotopic (exact) mass is 239 g/mol. The van der Waals surface area contributed by atoms with E-state index < -0.39 is 11.6 Å². The van der Waals surface area contributed by atoms with Crippen LogP contribution >= 0.6 is 11.6 Å². The van der Waals surface area contributed by atoms with Crippen LogP contribution in [0.2, 0.25) is 5.22 Å². The molecule has 0 aliphatic rings. The van der Waals surface area contributed by atoms with E-state index in [0.717, 1.165) is 6.07 Å². The van der Waals surface area contributed by atoms with Crippen LogP contribution in [0.25, 0.3) is 0 Å². The second kappa shape index (κ2) is 3.98. The van der Waals surface area contributed by atoms with Crippen molar-refractivity contribution < 1.29 is 13.6 Å². The Labute approximate surface area is 95.6 Å². The van der Waals surface area contributed by atoms with Gasteiger partial charge in [0, 0.05) is 5.56 Å². The second-order valence-corrected chi connectivity index (χ2v) is 3.52. The molecule has 0 fully saturated rings. The third-order valence-electron chi connectivity index (χ3n) is 2.13. The van der Waals surface area contributed by atoms with Gasteiger partial charge in [0.2, 0.25) is 5.22 Å². The Hall–Kier alpha value is -1.81. The predicted molar refractivity (Wildman–Crippen MR) is 58.0 cm³/mol. The number of nitrogen functional groups attached to an aromatic ring is 1. The Bertz CT molecular complexity index is 551. The van der Waals surface area contributed by atoms with Crippen molar-refractivity contribution in [3.8, 4) is 0 Å². The van der Waals surface area contributed by atoms with E-state index in [1.165, 1.54) is 24.5 Å². The molecule has 2 rings (SSSR count). The summed E-state index contributed by atoms with van der Waals surface area (Å²) in [5.74, 6) is -1.04. The topological polar surface area (TPSA) is 56.2 Å². The number of carbonyl (C=O) groups excluding carboxylic acids is 1. The average Bonchev–Trinajstić information content (AvgIpc) is 2.67. The maximum absolute atomic E-state index is 13.1. The highest BCUT2D eigenvalue weighted by molar-refractivity contribution is 6.33. The maximum Gasteiger partial charge on any atom is 0.204 e. The van der Waals surface area contributed by atoms with Crippen LogP contribution in [0.5, 0.6) is 0 Å². The number of hydrogen-bond donors (Lipinski definition) is 1. The minimum absolute atomic E-state index is 0.00478. The largest absolute Gasteiger partial charge is 0.452 e. The zero-order valence-electron chi connectivity index (χ0n) is 8.04. The van der Waals surface area contributed by atoms with Gasteiger partial charge in [-0.1, -0.05) is 0 Å². The highest BCUT2D eigenvalue weighted by Gasteiger charge is 2.16. The van der Waals surface area contributed by atoms with Crippen LogP contribution in [-0.2, 0) is 0 Å². The number of nitrogens with two attached hydrogens (primary N) is 1. The van der Waals surface area contributed by atoms with E-state index in [1.54, 1.807) is 0 Å². The van der Waals surface area contributed by atoms with Crippen molar-refractivity contribution >= 4 is 23.1 Å². The van der Waals surface area contributed by atoms with Gasteiger partial charge in [-0.05, 0) is 35.9 Å². The molecule has 2 aromatic rings. The van der Waals surface area contributed by atoms with Crippen molar-refractivity contribution in [3.63, 3.8) is 0 Å². The summed E-state index contributed by atoms with van der Waals surface area (Å²) in [5, 5.41) is -0.0118. The van der Waals surface area contributed by atoms with Crippen LogP contribution in [0.4, 0.5) is 10.1 Å². The molecule has 0 bridgehead atoms. The maximum atomic E-state index is 13.1. The van der Waals surface area contributed by atoms with Gasteiger partial charge in [0.05, 0.1) is 17.5 Å². The smallest absolute Gasteiger partial charge is 0.204 e. The molecule has 3 nitrogen and oxygen atoms in total. The summed E-state index contributed by atoms with van der Waals surface area (Å²) in [5.41, 5.74) is 5.68. The summed E-state index contributed by atoms with van der Waals surface area (Å²) in [7, 11) is 0. The van der Waals surface area contributed by atoms with E-state index in [4.69, 9.17) is 21.8 Å². The van der Waals surface area contributed by atoms with Crippen LogP contribution in [0.3, 0.4) is 0 Å². The molecule has 1 heterocycles. The summed E-state index contributed by atoms with van der Waals surface area (Å²) >= 11 is 5.65. The van der Waals surface area contributed by atoms with Gasteiger partial charge in [0.1, 0.15) is 5.82 Å². The van der Waals surface area contributed by atoms with Gasteiger partial charge in [-0.3, -0.25) is 4.79 Å². The third-order valence-corrected chi connectivity index (χ3v) is 2.42. The summed E-state index contributed by atoms with van der Waals surface area (Å²) in [6, 6.07) is 5.26. The van der Waals surface area contributed by atoms with E-state index in [-0.39, 0.29) is 22.0 Å². The first kappa shape index (κ1) is 10.7. The average molecular weight is 240 g/mol. The summed E-state index contributed by atoms with van der Waals surface area (Å²) in [4.78, 5) is 11.8. The van der Waals surface area contributed by atoms with E-state index in [1.807, 2.05) is 0 Å². The minimum atomic E-state index is -0.634. The SMILES string of the molecule is Nc1ccc(C(=O)c2ccoc2Cl)cc1F. The second-order valence-electron chi connectivity index (χ2n) is 3.17. The van der Waals surface area contributed by atoms with Crippen molar-refractivity contribution in [2.45, 2.75) is 0 Å². The zero-order chi connectivity index (χ0) is 11.7. The summed E-state index contributed by atoms with van der Waals surface area (Å²) in [6.07, 6.45) is 1.29. The standard InChI is InChI=1S/C11H7ClFNO2/c12-11-7(3-4-16-11)10(15)6-1-2-9(14)8(13)5-6/h1-5H,14H2. The third kappa shape index (κ3) is 1.79. The normalized spacial score (nSPS) is 10.4. The zero-order valence-corrected chi connectivity index (χ0v) is 8.79. The highest BCUT2D eigenvalue weighted by Crippen LogP contribution is 2.21. The first-order valence-electron chi connectivity index (χ1n) is 4.42. The molecular weight excluding hydrogens is 233 g/mol. The number of halogens is 2. The fourth-order valence-corrected chi connectivity index (χ4v) is 1.48. The summed E-state index contributed by atoms with van der Waals surface area (Å²) in [6.45, 7) is 0. The predicted octanol–water partition coefficient (Wildman–Crippen LogP) is 2.89. The van der Waals surface area contributed by atoms with Crippen molar-refractivity contribution in [2.24, 2.45) is 0 Å². The molecular formula is C11H7ClFNO2. The van der Waals surface area contributed by atoms with Gasteiger partial charge in [0.15, 0.2) is 5.78 Å². The Kier molecular flexibility index (Phi) is 2.66. The number of ketones is 1. The van der Waals surface area contributed by atoms with E-state index in [0.29, 0.717) is 0 Å². The van der Waals surface area contributed by atoms with Gasteiger partial charge < -0.3 is 10.2 Å². The fraction of sp³-hybridized carbons (Fsp3) is 0. The first-order chi connectivity index (χ1) is 7.59. The van der Waals surface area contributed by atoms with Gasteiger partial charge in [-0.2, -0.15) is 0 Å². The minimum Gasteiger partial charge on any atom is -0.452 e. The van der Waals surface area contributed by atoms with E-state index in [2.05, 4.69) is 0 Å². The lowest BCUT2D eigenvalue weighted by molar-refractivity contribution is 0.103. The Morgan fingerprint density at radius 1 is 1.38 bits per heavy atom. The Balaban J connectivity index is 2.42. The van der Waals surface area contributed by atoms with Gasteiger partial charge in [-0.25, -0.2) is 4.39 Å². The Morgan fingerprint density at radius 3 is 2.69 bits per heavy atom. The molecule has 16 heavy (non-hydrogen) atoms. The molecule has 0 saturated carbocycles. The molecule has 5 heteroatoms. The molecule has 0 atom stereocenters. The van der Waals surface area contributed by atoms with Crippen LogP contribution in [-0.4, -0.2) is 5.78 Å². The van der Waals surface area contributed by atoms with Crippen LogP contribution in [0, 0.1) is 5.82 Å². The molecule has 0 amide bonds. The Morgan fingerprint density at radius 2 is 2.12 bits per heavy atom. The molecule has 0 radical (unpaired) electrons. The molecule has 1 aromatic heterocycles. The molecule has 0 aliphatic heterocycles. The van der Waals surface area contributed by atoms with Crippen LogP contribution in [0.1, 0.15) is 15.9 Å². The molecule has 0 aliphatic carbocycles. The molecule has 0 spiro atoms. The van der Waals surface area contributed by atoms with E-state index >= 15 is 0 Å². The van der Waals surface area contributed by atoms with Crippen molar-refractivity contribution in [3.05, 3.63) is 52.7 Å².